The number of amides is 2. The molecule has 2 amide bonds. The maximum atomic E-state index is 14.9. The van der Waals surface area contributed by atoms with Crippen molar-refractivity contribution in [2.24, 2.45) is 73.4 Å². The van der Waals surface area contributed by atoms with Gasteiger partial charge in [0, 0.05) is 30.5 Å². The van der Waals surface area contributed by atoms with E-state index in [4.69, 9.17) is 4.74 Å². The number of piperidine rings is 1. The minimum Gasteiger partial charge on any atom is -0.481 e. The third-order valence-electron chi connectivity index (χ3n) is 19.1. The van der Waals surface area contributed by atoms with Crippen molar-refractivity contribution < 1.29 is 29.0 Å². The highest BCUT2D eigenvalue weighted by molar-refractivity contribution is 5.86. The molecule has 8 heteroatoms. The summed E-state index contributed by atoms with van der Waals surface area (Å²) in [6.07, 6.45) is 14.5. The lowest BCUT2D eigenvalue weighted by Gasteiger charge is -2.72. The van der Waals surface area contributed by atoms with Crippen molar-refractivity contribution in [1.82, 2.24) is 10.2 Å². The Kier molecular flexibility index (Phi) is 9.81. The summed E-state index contributed by atoms with van der Waals surface area (Å²) in [4.78, 5) is 55.3. The van der Waals surface area contributed by atoms with Crippen molar-refractivity contribution >= 4 is 23.8 Å². The highest BCUT2D eigenvalue weighted by Gasteiger charge is 2.72. The van der Waals surface area contributed by atoms with Crippen LogP contribution in [0.4, 0.5) is 0 Å². The molecule has 7 aliphatic rings. The largest absolute Gasteiger partial charge is 0.481 e. The Balaban J connectivity index is 1.07. The van der Waals surface area contributed by atoms with Gasteiger partial charge in [0.05, 0.1) is 17.3 Å². The van der Waals surface area contributed by atoms with Crippen LogP contribution in [0, 0.1) is 73.4 Å². The molecular weight excluding hydrogens is 677 g/mol. The summed E-state index contributed by atoms with van der Waals surface area (Å²) >= 11 is 0. The summed E-state index contributed by atoms with van der Waals surface area (Å²) in [6.45, 7) is 24.2. The quantitative estimate of drug-likeness (QED) is 0.251. The lowest BCUT2D eigenvalue weighted by atomic mass is 9.33. The summed E-state index contributed by atoms with van der Waals surface area (Å²) in [7, 11) is 0. The number of esters is 1. The molecule has 0 aromatic rings. The number of ether oxygens (including phenoxy) is 1. The minimum absolute atomic E-state index is 0.00758. The SMILES string of the molecule is C[C@@H]1CC[C@]2(C(=O)NC3C[C@H](C(=O)N4CCCCC4)C3(C)C)CC[C@@]3(C)C4CC[C@H]5C(C)(C)[C@@H](OC(=O)CC(C)(C)C(=O)O)CC[C@]5(C)[C@H]4CC[C@]3(C)C12. The van der Waals surface area contributed by atoms with Crippen LogP contribution in [0.3, 0.4) is 0 Å². The molecule has 6 saturated carbocycles. The second kappa shape index (κ2) is 13.2. The van der Waals surface area contributed by atoms with Gasteiger partial charge in [-0.2, -0.15) is 0 Å². The summed E-state index contributed by atoms with van der Waals surface area (Å²) in [5, 5.41) is 13.3. The van der Waals surface area contributed by atoms with Crippen molar-refractivity contribution in [2.75, 3.05) is 13.1 Å². The molecule has 7 rings (SSSR count). The third kappa shape index (κ3) is 5.76. The molecule has 304 valence electrons. The molecule has 54 heavy (non-hydrogen) atoms. The van der Waals surface area contributed by atoms with E-state index in [1.165, 1.54) is 19.3 Å². The Labute approximate surface area is 326 Å². The Bertz CT molecular complexity index is 1530. The first-order chi connectivity index (χ1) is 25.1. The van der Waals surface area contributed by atoms with Gasteiger partial charge in [0.25, 0.3) is 0 Å². The van der Waals surface area contributed by atoms with E-state index >= 15 is 0 Å². The lowest BCUT2D eigenvalue weighted by Crippen LogP contribution is -2.68. The van der Waals surface area contributed by atoms with Crippen molar-refractivity contribution in [2.45, 2.75) is 178 Å². The number of hydrogen-bond donors (Lipinski definition) is 2. The lowest BCUT2D eigenvalue weighted by molar-refractivity contribution is -0.240. The van der Waals surface area contributed by atoms with Crippen LogP contribution in [-0.4, -0.2) is 59.0 Å². The van der Waals surface area contributed by atoms with Gasteiger partial charge in [-0.15, -0.1) is 0 Å². The number of fused-ring (bicyclic) bond motifs is 7. The fourth-order valence-electron chi connectivity index (χ4n) is 15.4. The van der Waals surface area contributed by atoms with Crippen LogP contribution in [0.15, 0.2) is 0 Å². The number of carbonyl (C=O) groups is 4. The van der Waals surface area contributed by atoms with Crippen molar-refractivity contribution in [3.8, 4) is 0 Å². The van der Waals surface area contributed by atoms with E-state index in [2.05, 4.69) is 65.6 Å². The number of likely N-dealkylation sites (tertiary alicyclic amines) is 1. The second-order valence-corrected chi connectivity index (χ2v) is 22.6. The van der Waals surface area contributed by atoms with Gasteiger partial charge in [-0.25, -0.2) is 0 Å². The molecule has 1 aliphatic heterocycles. The maximum Gasteiger partial charge on any atom is 0.309 e. The van der Waals surface area contributed by atoms with E-state index < -0.39 is 17.4 Å². The first-order valence-electron chi connectivity index (χ1n) is 22.1. The number of nitrogens with one attached hydrogen (secondary N) is 1. The predicted octanol–water partition coefficient (Wildman–Crippen LogP) is 9.04. The highest BCUT2D eigenvalue weighted by atomic mass is 16.5. The van der Waals surface area contributed by atoms with Crippen LogP contribution in [-0.2, 0) is 23.9 Å². The normalized spacial score (nSPS) is 45.0. The zero-order chi connectivity index (χ0) is 39.4. The topological polar surface area (TPSA) is 113 Å². The second-order valence-electron chi connectivity index (χ2n) is 22.6. The Hall–Kier alpha value is -2.12. The van der Waals surface area contributed by atoms with E-state index in [1.54, 1.807) is 13.8 Å². The van der Waals surface area contributed by atoms with Gasteiger partial charge in [0.2, 0.25) is 11.8 Å². The van der Waals surface area contributed by atoms with Crippen LogP contribution < -0.4 is 5.32 Å². The van der Waals surface area contributed by atoms with Gasteiger partial charge in [0.1, 0.15) is 6.10 Å². The van der Waals surface area contributed by atoms with E-state index in [0.717, 1.165) is 83.7 Å². The summed E-state index contributed by atoms with van der Waals surface area (Å²) in [6, 6.07) is 0.0446. The molecule has 3 unspecified atom stereocenters. The molecule has 0 spiro atoms. The number of nitrogens with zero attached hydrogens (tertiary/aromatic N) is 1. The van der Waals surface area contributed by atoms with Gasteiger partial charge in [0.15, 0.2) is 0 Å². The summed E-state index contributed by atoms with van der Waals surface area (Å²) in [5.74, 6) is 1.68. The maximum absolute atomic E-state index is 14.9. The Morgan fingerprint density at radius 3 is 2.11 bits per heavy atom. The fourth-order valence-corrected chi connectivity index (χ4v) is 15.4. The molecule has 7 fully saturated rings. The van der Waals surface area contributed by atoms with Gasteiger partial charge in [-0.05, 0) is 155 Å². The average molecular weight is 751 g/mol. The Morgan fingerprint density at radius 2 is 1.46 bits per heavy atom. The molecule has 6 aliphatic carbocycles. The first kappa shape index (κ1) is 40.1. The number of carboxylic acids is 1. The number of carboxylic acid groups (broad SMARTS) is 1. The van der Waals surface area contributed by atoms with Crippen LogP contribution in [0.5, 0.6) is 0 Å². The van der Waals surface area contributed by atoms with Crippen LogP contribution in [0.2, 0.25) is 0 Å². The molecule has 12 atom stereocenters. The van der Waals surface area contributed by atoms with Crippen molar-refractivity contribution in [3.05, 3.63) is 0 Å². The van der Waals surface area contributed by atoms with Crippen LogP contribution in [0.25, 0.3) is 0 Å². The minimum atomic E-state index is -1.15. The van der Waals surface area contributed by atoms with E-state index in [-0.39, 0.29) is 62.9 Å². The smallest absolute Gasteiger partial charge is 0.309 e. The fraction of sp³-hybridized carbons (Fsp3) is 0.913. The van der Waals surface area contributed by atoms with Gasteiger partial charge >= 0.3 is 11.9 Å². The van der Waals surface area contributed by atoms with Gasteiger partial charge < -0.3 is 20.1 Å². The van der Waals surface area contributed by atoms with E-state index in [9.17, 15) is 24.3 Å². The Morgan fingerprint density at radius 1 is 0.778 bits per heavy atom. The van der Waals surface area contributed by atoms with E-state index in [0.29, 0.717) is 35.5 Å². The molecule has 1 heterocycles. The predicted molar refractivity (Wildman–Crippen MR) is 210 cm³/mol. The monoisotopic (exact) mass is 751 g/mol. The standard InChI is InChI=1S/C46H74N2O6/c1-28-16-21-46(38(51)47-33-26-31(41(33,4)5)37(50)48-24-12-11-13-25-48)23-22-44(9)30-14-15-32-42(6,7)34(54-35(49)27-40(2,3)39(52)53)18-19-43(32,8)29(30)17-20-45(44,10)36(28)46/h28-34,36H,11-27H2,1-10H3,(H,47,51)(H,52,53)/t28-,29+,30?,31-,32+,33?,34+,36?,43-,44+,45-,46+/m1/s1. The van der Waals surface area contributed by atoms with E-state index in [1.807, 2.05) is 0 Å². The van der Waals surface area contributed by atoms with Gasteiger partial charge in [-0.3, -0.25) is 19.2 Å². The summed E-state index contributed by atoms with van der Waals surface area (Å²) in [5.41, 5.74) is -1.55. The molecule has 0 aromatic carbocycles. The zero-order valence-corrected chi connectivity index (χ0v) is 35.6. The summed E-state index contributed by atoms with van der Waals surface area (Å²) < 4.78 is 6.18. The zero-order valence-electron chi connectivity index (χ0n) is 35.6. The molecule has 0 radical (unpaired) electrons. The number of aliphatic carboxylic acids is 1. The molecular formula is C46H74N2O6. The van der Waals surface area contributed by atoms with Crippen molar-refractivity contribution in [3.63, 3.8) is 0 Å². The molecule has 2 N–H and O–H groups in total. The number of rotatable bonds is 7. The molecule has 8 nitrogen and oxygen atoms in total. The molecule has 0 bridgehead atoms. The number of hydrogen-bond acceptors (Lipinski definition) is 5. The molecule has 1 saturated heterocycles. The van der Waals surface area contributed by atoms with Gasteiger partial charge in [-0.1, -0.05) is 55.4 Å². The van der Waals surface area contributed by atoms with Crippen LogP contribution >= 0.6 is 0 Å². The first-order valence-corrected chi connectivity index (χ1v) is 22.1. The molecule has 0 aromatic heterocycles. The van der Waals surface area contributed by atoms with Crippen LogP contribution in [0.1, 0.15) is 166 Å². The van der Waals surface area contributed by atoms with Crippen molar-refractivity contribution in [1.29, 1.82) is 0 Å². The highest BCUT2D eigenvalue weighted by Crippen LogP contribution is 2.77. The number of carbonyl (C=O) groups excluding carboxylic acids is 3. The average Bonchev–Trinajstić information content (AvgIpc) is 3.46. The third-order valence-corrected chi connectivity index (χ3v) is 19.1.